The fraction of sp³-hybridized carbons (Fsp3) is 0.125. The second kappa shape index (κ2) is 6.10. The Kier molecular flexibility index (Phi) is 4.15. The SMILES string of the molecule is COc1cccn2c(C(=O)Nc3c(Cl)cccc3Cl)c(C)nc12. The van der Waals surface area contributed by atoms with Crippen LogP contribution in [-0.2, 0) is 0 Å². The molecule has 0 fully saturated rings. The van der Waals surface area contributed by atoms with Crippen LogP contribution in [0.1, 0.15) is 16.2 Å². The lowest BCUT2D eigenvalue weighted by Gasteiger charge is -2.09. The van der Waals surface area contributed by atoms with Gasteiger partial charge >= 0.3 is 0 Å². The summed E-state index contributed by atoms with van der Waals surface area (Å²) in [5, 5.41) is 3.49. The van der Waals surface area contributed by atoms with E-state index in [2.05, 4.69) is 10.3 Å². The van der Waals surface area contributed by atoms with Crippen LogP contribution in [0.2, 0.25) is 10.0 Å². The second-order valence-corrected chi connectivity index (χ2v) is 5.68. The normalized spacial score (nSPS) is 10.8. The Morgan fingerprint density at radius 2 is 1.91 bits per heavy atom. The maximum absolute atomic E-state index is 12.7. The molecule has 2 aromatic heterocycles. The number of imidazole rings is 1. The molecule has 0 saturated heterocycles. The number of rotatable bonds is 3. The number of carbonyl (C=O) groups is 1. The van der Waals surface area contributed by atoms with E-state index in [1.807, 2.05) is 0 Å². The van der Waals surface area contributed by atoms with Crippen molar-refractivity contribution in [1.29, 1.82) is 0 Å². The average Bonchev–Trinajstić information content (AvgIpc) is 2.86. The molecule has 0 unspecified atom stereocenters. The minimum absolute atomic E-state index is 0.349. The molecular weight excluding hydrogens is 337 g/mol. The molecular formula is C16H13Cl2N3O2. The van der Waals surface area contributed by atoms with E-state index >= 15 is 0 Å². The van der Waals surface area contributed by atoms with Crippen molar-refractivity contribution >= 4 is 40.4 Å². The van der Waals surface area contributed by atoms with Crippen molar-refractivity contribution in [1.82, 2.24) is 9.38 Å². The topological polar surface area (TPSA) is 55.6 Å². The van der Waals surface area contributed by atoms with E-state index < -0.39 is 0 Å². The van der Waals surface area contributed by atoms with Gasteiger partial charge in [-0.15, -0.1) is 0 Å². The second-order valence-electron chi connectivity index (χ2n) is 4.87. The van der Waals surface area contributed by atoms with Crippen molar-refractivity contribution in [3.63, 3.8) is 0 Å². The fourth-order valence-corrected chi connectivity index (χ4v) is 2.87. The van der Waals surface area contributed by atoms with Gasteiger partial charge in [-0.25, -0.2) is 4.98 Å². The number of amides is 1. The van der Waals surface area contributed by atoms with Crippen LogP contribution < -0.4 is 10.1 Å². The van der Waals surface area contributed by atoms with Crippen LogP contribution in [0.3, 0.4) is 0 Å². The summed E-state index contributed by atoms with van der Waals surface area (Å²) in [5.41, 5.74) is 1.92. The van der Waals surface area contributed by atoms with Gasteiger partial charge in [0.25, 0.3) is 5.91 Å². The third-order valence-corrected chi connectivity index (χ3v) is 4.05. The van der Waals surface area contributed by atoms with E-state index in [-0.39, 0.29) is 5.91 Å². The number of methoxy groups -OCH3 is 1. The summed E-state index contributed by atoms with van der Waals surface area (Å²) in [6.45, 7) is 1.76. The molecule has 0 aliphatic carbocycles. The third-order valence-electron chi connectivity index (χ3n) is 3.42. The number of para-hydroxylation sites is 1. The van der Waals surface area contributed by atoms with Gasteiger partial charge in [0.15, 0.2) is 11.4 Å². The predicted molar refractivity (Wildman–Crippen MR) is 90.9 cm³/mol. The average molecular weight is 350 g/mol. The summed E-state index contributed by atoms with van der Waals surface area (Å²) < 4.78 is 6.95. The first kappa shape index (κ1) is 15.6. The molecule has 1 N–H and O–H groups in total. The number of anilines is 1. The number of carbonyl (C=O) groups excluding carboxylic acids is 1. The van der Waals surface area contributed by atoms with Crippen LogP contribution in [0.5, 0.6) is 5.75 Å². The zero-order chi connectivity index (χ0) is 16.6. The lowest BCUT2D eigenvalue weighted by molar-refractivity contribution is 0.102. The van der Waals surface area contributed by atoms with E-state index in [9.17, 15) is 4.79 Å². The molecule has 5 nitrogen and oxygen atoms in total. The van der Waals surface area contributed by atoms with Crippen molar-refractivity contribution in [3.8, 4) is 5.75 Å². The quantitative estimate of drug-likeness (QED) is 0.770. The van der Waals surface area contributed by atoms with E-state index in [1.165, 1.54) is 0 Å². The lowest BCUT2D eigenvalue weighted by atomic mass is 10.2. The first-order chi connectivity index (χ1) is 11.0. The Bertz CT molecular complexity index is 885. The van der Waals surface area contributed by atoms with Gasteiger partial charge in [-0.2, -0.15) is 0 Å². The Balaban J connectivity index is 2.07. The molecule has 0 bridgehead atoms. The summed E-state index contributed by atoms with van der Waals surface area (Å²) in [6, 6.07) is 8.60. The number of nitrogens with zero attached hydrogens (tertiary/aromatic N) is 2. The van der Waals surface area contributed by atoms with Crippen molar-refractivity contribution in [2.75, 3.05) is 12.4 Å². The standard InChI is InChI=1S/C16H13Cl2N3O2/c1-9-14(21-8-4-7-12(23-2)15(21)19-9)16(22)20-13-10(17)5-3-6-11(13)18/h3-8H,1-2H3,(H,20,22). The zero-order valence-corrected chi connectivity index (χ0v) is 13.9. The van der Waals surface area contributed by atoms with Crippen molar-refractivity contribution in [2.45, 2.75) is 6.92 Å². The van der Waals surface area contributed by atoms with Gasteiger partial charge in [0.05, 0.1) is 28.5 Å². The van der Waals surface area contributed by atoms with Gasteiger partial charge < -0.3 is 10.1 Å². The molecule has 0 radical (unpaired) electrons. The summed E-state index contributed by atoms with van der Waals surface area (Å²) in [7, 11) is 1.56. The van der Waals surface area contributed by atoms with Crippen molar-refractivity contribution in [3.05, 3.63) is 58.0 Å². The van der Waals surface area contributed by atoms with E-state index in [0.717, 1.165) is 0 Å². The maximum Gasteiger partial charge on any atom is 0.274 e. The van der Waals surface area contributed by atoms with Crippen molar-refractivity contribution < 1.29 is 9.53 Å². The van der Waals surface area contributed by atoms with Gasteiger partial charge in [-0.05, 0) is 31.2 Å². The first-order valence-electron chi connectivity index (χ1n) is 6.80. The molecule has 0 aliphatic heterocycles. The lowest BCUT2D eigenvalue weighted by Crippen LogP contribution is -2.16. The predicted octanol–water partition coefficient (Wildman–Crippen LogP) is 4.21. The molecule has 2 heterocycles. The number of pyridine rings is 1. The molecule has 0 atom stereocenters. The van der Waals surface area contributed by atoms with E-state index in [1.54, 1.807) is 55.0 Å². The highest BCUT2D eigenvalue weighted by Crippen LogP contribution is 2.31. The van der Waals surface area contributed by atoms with Gasteiger partial charge in [0.1, 0.15) is 5.69 Å². The highest BCUT2D eigenvalue weighted by Gasteiger charge is 2.20. The smallest absolute Gasteiger partial charge is 0.274 e. The Morgan fingerprint density at radius 3 is 2.57 bits per heavy atom. The molecule has 1 aromatic carbocycles. The van der Waals surface area contributed by atoms with Crippen LogP contribution in [0.15, 0.2) is 36.5 Å². The van der Waals surface area contributed by atoms with Crippen LogP contribution in [-0.4, -0.2) is 22.4 Å². The number of halogens is 2. The first-order valence-corrected chi connectivity index (χ1v) is 7.55. The number of fused-ring (bicyclic) bond motifs is 1. The summed E-state index contributed by atoms with van der Waals surface area (Å²) in [5.74, 6) is 0.240. The number of benzene rings is 1. The Hall–Kier alpha value is -2.24. The van der Waals surface area contributed by atoms with E-state index in [0.29, 0.717) is 38.5 Å². The number of ether oxygens (including phenoxy) is 1. The highest BCUT2D eigenvalue weighted by atomic mass is 35.5. The number of nitrogens with one attached hydrogen (secondary N) is 1. The summed E-state index contributed by atoms with van der Waals surface area (Å²) in [4.78, 5) is 17.1. The summed E-state index contributed by atoms with van der Waals surface area (Å²) in [6.07, 6.45) is 1.75. The van der Waals surface area contributed by atoms with Crippen LogP contribution in [0.4, 0.5) is 5.69 Å². The van der Waals surface area contributed by atoms with Crippen LogP contribution in [0, 0.1) is 6.92 Å². The molecule has 0 aliphatic rings. The zero-order valence-electron chi connectivity index (χ0n) is 12.4. The van der Waals surface area contributed by atoms with Gasteiger partial charge in [-0.3, -0.25) is 9.20 Å². The van der Waals surface area contributed by atoms with Gasteiger partial charge in [-0.1, -0.05) is 29.3 Å². The Morgan fingerprint density at radius 1 is 1.22 bits per heavy atom. The molecule has 1 amide bonds. The van der Waals surface area contributed by atoms with Crippen LogP contribution in [0.25, 0.3) is 5.65 Å². The number of aryl methyl sites for hydroxylation is 1. The minimum Gasteiger partial charge on any atom is -0.493 e. The molecule has 0 saturated carbocycles. The molecule has 7 heteroatoms. The molecule has 118 valence electrons. The molecule has 0 spiro atoms. The van der Waals surface area contributed by atoms with Gasteiger partial charge in [0, 0.05) is 6.20 Å². The molecule has 3 aromatic rings. The number of hydrogen-bond acceptors (Lipinski definition) is 3. The number of aromatic nitrogens is 2. The number of hydrogen-bond donors (Lipinski definition) is 1. The van der Waals surface area contributed by atoms with Crippen molar-refractivity contribution in [2.24, 2.45) is 0 Å². The monoisotopic (exact) mass is 349 g/mol. The van der Waals surface area contributed by atoms with Crippen LogP contribution >= 0.6 is 23.2 Å². The fourth-order valence-electron chi connectivity index (χ4n) is 2.38. The Labute approximate surface area is 142 Å². The largest absolute Gasteiger partial charge is 0.493 e. The maximum atomic E-state index is 12.7. The van der Waals surface area contributed by atoms with Gasteiger partial charge in [0.2, 0.25) is 0 Å². The van der Waals surface area contributed by atoms with E-state index in [4.69, 9.17) is 27.9 Å². The highest BCUT2D eigenvalue weighted by molar-refractivity contribution is 6.40. The minimum atomic E-state index is -0.349. The summed E-state index contributed by atoms with van der Waals surface area (Å²) >= 11 is 12.2. The third kappa shape index (κ3) is 2.73. The molecule has 23 heavy (non-hydrogen) atoms. The molecule has 3 rings (SSSR count).